The summed E-state index contributed by atoms with van der Waals surface area (Å²) >= 11 is 0. The molecule has 0 bridgehead atoms. The van der Waals surface area contributed by atoms with Crippen LogP contribution in [0.5, 0.6) is 11.5 Å². The van der Waals surface area contributed by atoms with Gasteiger partial charge in [0.05, 0.1) is 19.6 Å². The third-order valence-electron chi connectivity index (χ3n) is 4.52. The largest absolute Gasteiger partial charge is 0.513 e. The zero-order valence-corrected chi connectivity index (χ0v) is 21.0. The number of rotatable bonds is 11. The molecule has 35 heavy (non-hydrogen) atoms. The van der Waals surface area contributed by atoms with Crippen molar-refractivity contribution in [2.75, 3.05) is 13.2 Å². The van der Waals surface area contributed by atoms with Gasteiger partial charge in [-0.2, -0.15) is 0 Å². The molecule has 0 spiro atoms. The predicted molar refractivity (Wildman–Crippen MR) is 124 cm³/mol. The number of esters is 1. The van der Waals surface area contributed by atoms with Gasteiger partial charge in [-0.1, -0.05) is 26.8 Å². The molecule has 1 aromatic carbocycles. The minimum Gasteiger partial charge on any atom is -0.480 e. The quantitative estimate of drug-likeness (QED) is 0.259. The maximum Gasteiger partial charge on any atom is 0.513 e. The van der Waals surface area contributed by atoms with E-state index in [1.165, 1.54) is 18.2 Å². The van der Waals surface area contributed by atoms with Crippen molar-refractivity contribution >= 4 is 24.2 Å². The standard InChI is InChI=1S/C24H35NO10/c1-7-31-21(29)34-17-10-9-16(11-18(17)35-22(30)32-8-2)13-24(25,20(27)28)12-15(3)33-19(26)14-23(4,5)6/h9-11,15H,7-8,12-14,25H2,1-6H3,(H,27,28)/t15-,24?/m0/s1. The van der Waals surface area contributed by atoms with Gasteiger partial charge in [-0.3, -0.25) is 9.59 Å². The summed E-state index contributed by atoms with van der Waals surface area (Å²) in [6.07, 6.45) is -3.05. The topological polar surface area (TPSA) is 161 Å². The molecule has 1 rings (SSSR count). The highest BCUT2D eigenvalue weighted by Crippen LogP contribution is 2.31. The summed E-state index contributed by atoms with van der Waals surface area (Å²) in [5.74, 6) is -2.09. The van der Waals surface area contributed by atoms with E-state index in [1.807, 2.05) is 20.8 Å². The first-order valence-electron chi connectivity index (χ1n) is 11.2. The molecule has 0 aromatic heterocycles. The van der Waals surface area contributed by atoms with Crippen LogP contribution in [0.25, 0.3) is 0 Å². The molecule has 1 unspecified atom stereocenters. The molecule has 0 radical (unpaired) electrons. The maximum absolute atomic E-state index is 12.1. The first-order valence-corrected chi connectivity index (χ1v) is 11.2. The highest BCUT2D eigenvalue weighted by Gasteiger charge is 2.37. The minimum absolute atomic E-state index is 0.0450. The summed E-state index contributed by atoms with van der Waals surface area (Å²) in [7, 11) is 0. The van der Waals surface area contributed by atoms with Gasteiger partial charge >= 0.3 is 24.2 Å². The summed E-state index contributed by atoms with van der Waals surface area (Å²) in [6, 6.07) is 4.09. The molecule has 1 aromatic rings. The number of carboxylic acid groups (broad SMARTS) is 1. The monoisotopic (exact) mass is 497 g/mol. The van der Waals surface area contributed by atoms with Crippen LogP contribution in [0, 0.1) is 5.41 Å². The molecule has 11 nitrogen and oxygen atoms in total. The van der Waals surface area contributed by atoms with E-state index in [9.17, 15) is 24.3 Å². The van der Waals surface area contributed by atoms with Gasteiger partial charge in [0, 0.05) is 12.8 Å². The van der Waals surface area contributed by atoms with Crippen molar-refractivity contribution in [2.45, 2.75) is 72.4 Å². The molecule has 11 heteroatoms. The van der Waals surface area contributed by atoms with Crippen LogP contribution in [-0.2, 0) is 30.2 Å². The molecule has 2 atom stereocenters. The number of nitrogens with two attached hydrogens (primary N) is 1. The number of benzene rings is 1. The van der Waals surface area contributed by atoms with Crippen molar-refractivity contribution in [1.29, 1.82) is 0 Å². The van der Waals surface area contributed by atoms with Gasteiger partial charge in [-0.15, -0.1) is 0 Å². The highest BCUT2D eigenvalue weighted by molar-refractivity contribution is 5.79. The normalized spacial score (nSPS) is 13.7. The number of carbonyl (C=O) groups excluding carboxylic acids is 3. The molecule has 0 saturated carbocycles. The van der Waals surface area contributed by atoms with Crippen LogP contribution in [0.1, 0.15) is 59.9 Å². The van der Waals surface area contributed by atoms with Crippen LogP contribution in [0.3, 0.4) is 0 Å². The second kappa shape index (κ2) is 12.9. The number of aliphatic carboxylic acids is 1. The van der Waals surface area contributed by atoms with Crippen molar-refractivity contribution in [2.24, 2.45) is 11.1 Å². The molecule has 196 valence electrons. The molecule has 0 saturated heterocycles. The fraction of sp³-hybridized carbons (Fsp3) is 0.583. The Bertz CT molecular complexity index is 908. The molecular formula is C24H35NO10. The Kier molecular flexibility index (Phi) is 11.0. The van der Waals surface area contributed by atoms with Crippen molar-refractivity contribution in [1.82, 2.24) is 0 Å². The summed E-state index contributed by atoms with van der Waals surface area (Å²) in [5.41, 5.74) is 4.47. The summed E-state index contributed by atoms with van der Waals surface area (Å²) in [6.45, 7) is 10.5. The first-order chi connectivity index (χ1) is 16.2. The van der Waals surface area contributed by atoms with Crippen LogP contribution in [0.4, 0.5) is 9.59 Å². The summed E-state index contributed by atoms with van der Waals surface area (Å²) in [4.78, 5) is 47.7. The molecular weight excluding hydrogens is 462 g/mol. The van der Waals surface area contributed by atoms with E-state index < -0.39 is 35.9 Å². The lowest BCUT2D eigenvalue weighted by atomic mass is 9.86. The third kappa shape index (κ3) is 10.6. The molecule has 0 fully saturated rings. The zero-order valence-electron chi connectivity index (χ0n) is 21.0. The molecule has 0 aliphatic carbocycles. The maximum atomic E-state index is 12.1. The second-order valence-electron chi connectivity index (χ2n) is 9.23. The number of hydrogen-bond donors (Lipinski definition) is 2. The fourth-order valence-electron chi connectivity index (χ4n) is 3.15. The molecule has 0 heterocycles. The van der Waals surface area contributed by atoms with Crippen LogP contribution in [0.2, 0.25) is 0 Å². The van der Waals surface area contributed by atoms with Gasteiger partial charge in [-0.05, 0) is 43.9 Å². The van der Waals surface area contributed by atoms with E-state index in [1.54, 1.807) is 20.8 Å². The van der Waals surface area contributed by atoms with Crippen LogP contribution >= 0.6 is 0 Å². The SMILES string of the molecule is CCOC(=O)Oc1ccc(CC(N)(C[C@H](C)OC(=O)CC(C)(C)C)C(=O)O)cc1OC(=O)OCC. The molecule has 3 N–H and O–H groups in total. The molecule has 0 amide bonds. The lowest BCUT2D eigenvalue weighted by Crippen LogP contribution is -2.52. The van der Waals surface area contributed by atoms with Crippen molar-refractivity contribution < 1.29 is 48.0 Å². The van der Waals surface area contributed by atoms with Crippen molar-refractivity contribution in [3.63, 3.8) is 0 Å². The van der Waals surface area contributed by atoms with Gasteiger partial charge in [0.2, 0.25) is 0 Å². The molecule has 0 aliphatic heterocycles. The minimum atomic E-state index is -1.81. The van der Waals surface area contributed by atoms with Crippen LogP contribution < -0.4 is 15.2 Å². The average molecular weight is 498 g/mol. The lowest BCUT2D eigenvalue weighted by molar-refractivity contribution is -0.154. The van der Waals surface area contributed by atoms with Gasteiger partial charge < -0.3 is 34.5 Å². The van der Waals surface area contributed by atoms with E-state index in [-0.39, 0.29) is 49.4 Å². The van der Waals surface area contributed by atoms with Gasteiger partial charge in [-0.25, -0.2) is 9.59 Å². The number of carboxylic acids is 1. The van der Waals surface area contributed by atoms with E-state index in [4.69, 9.17) is 29.4 Å². The summed E-state index contributed by atoms with van der Waals surface area (Å²) in [5, 5.41) is 9.82. The molecule has 0 aliphatic rings. The predicted octanol–water partition coefficient (Wildman–Crippen LogP) is 3.84. The Morgan fingerprint density at radius 1 is 0.971 bits per heavy atom. The van der Waals surface area contributed by atoms with Gasteiger partial charge in [0.15, 0.2) is 11.5 Å². The Labute approximate surface area is 204 Å². The smallest absolute Gasteiger partial charge is 0.480 e. The van der Waals surface area contributed by atoms with E-state index in [0.29, 0.717) is 5.56 Å². The van der Waals surface area contributed by atoms with Crippen molar-refractivity contribution in [3.05, 3.63) is 23.8 Å². The number of carbonyl (C=O) groups is 4. The zero-order chi connectivity index (χ0) is 26.8. The second-order valence-corrected chi connectivity index (χ2v) is 9.23. The Hall–Kier alpha value is -3.34. The summed E-state index contributed by atoms with van der Waals surface area (Å²) < 4.78 is 25.0. The van der Waals surface area contributed by atoms with E-state index >= 15 is 0 Å². The van der Waals surface area contributed by atoms with E-state index in [2.05, 4.69) is 0 Å². The van der Waals surface area contributed by atoms with Gasteiger partial charge in [0.1, 0.15) is 11.6 Å². The number of hydrogen-bond acceptors (Lipinski definition) is 10. The van der Waals surface area contributed by atoms with Crippen LogP contribution in [0.15, 0.2) is 18.2 Å². The lowest BCUT2D eigenvalue weighted by Gasteiger charge is -2.28. The third-order valence-corrected chi connectivity index (χ3v) is 4.52. The van der Waals surface area contributed by atoms with Gasteiger partial charge in [0.25, 0.3) is 0 Å². The van der Waals surface area contributed by atoms with E-state index in [0.717, 1.165) is 0 Å². The Balaban J connectivity index is 3.12. The van der Waals surface area contributed by atoms with Crippen LogP contribution in [-0.4, -0.2) is 54.2 Å². The Morgan fingerprint density at radius 3 is 2.00 bits per heavy atom. The first kappa shape index (κ1) is 29.7. The average Bonchev–Trinajstić information content (AvgIpc) is 2.68. The fourth-order valence-corrected chi connectivity index (χ4v) is 3.15. The highest BCUT2D eigenvalue weighted by atomic mass is 16.7. The van der Waals surface area contributed by atoms with Crippen molar-refractivity contribution in [3.8, 4) is 11.5 Å². The Morgan fingerprint density at radius 2 is 1.51 bits per heavy atom. The number of ether oxygens (including phenoxy) is 5.